The third-order valence-electron chi connectivity index (χ3n) is 3.34. The number of furan rings is 1. The van der Waals surface area contributed by atoms with Gasteiger partial charge in [0.2, 0.25) is 0 Å². The minimum atomic E-state index is 0.710. The van der Waals surface area contributed by atoms with Gasteiger partial charge in [-0.1, -0.05) is 48.6 Å². The van der Waals surface area contributed by atoms with E-state index in [0.29, 0.717) is 5.69 Å². The molecule has 21 heavy (non-hydrogen) atoms. The normalized spacial score (nSPS) is 11.9. The van der Waals surface area contributed by atoms with Gasteiger partial charge in [-0.25, -0.2) is 0 Å². The van der Waals surface area contributed by atoms with Crippen LogP contribution >= 0.6 is 0 Å². The molecule has 2 aromatic carbocycles. The molecule has 0 bridgehead atoms. The number of benzene rings is 2. The van der Waals surface area contributed by atoms with Crippen molar-refractivity contribution in [2.75, 3.05) is 5.73 Å². The lowest BCUT2D eigenvalue weighted by Gasteiger charge is -1.93. The van der Waals surface area contributed by atoms with Crippen molar-refractivity contribution in [2.45, 2.75) is 6.92 Å². The molecule has 0 amide bonds. The summed E-state index contributed by atoms with van der Waals surface area (Å²) in [5.41, 5.74) is 9.58. The van der Waals surface area contributed by atoms with Crippen LogP contribution in [-0.2, 0) is 0 Å². The predicted molar refractivity (Wildman–Crippen MR) is 90.7 cm³/mol. The van der Waals surface area contributed by atoms with Crippen molar-refractivity contribution in [3.05, 3.63) is 71.5 Å². The molecule has 0 aliphatic rings. The summed E-state index contributed by atoms with van der Waals surface area (Å²) in [6.07, 6.45) is 8.13. The van der Waals surface area contributed by atoms with Crippen molar-refractivity contribution in [3.8, 4) is 0 Å². The fraction of sp³-hybridized carbons (Fsp3) is 0.0526. The molecule has 0 aliphatic heterocycles. The molecule has 2 nitrogen and oxygen atoms in total. The van der Waals surface area contributed by atoms with Gasteiger partial charge in [-0.2, -0.15) is 0 Å². The molecule has 2 heteroatoms. The Labute approximate surface area is 124 Å². The summed E-state index contributed by atoms with van der Waals surface area (Å²) in [6.45, 7) is 2.00. The van der Waals surface area contributed by atoms with Gasteiger partial charge in [-0.05, 0) is 30.7 Å². The maximum atomic E-state index is 5.94. The maximum absolute atomic E-state index is 5.94. The van der Waals surface area contributed by atoms with E-state index in [2.05, 4.69) is 18.2 Å². The lowest BCUT2D eigenvalue weighted by molar-refractivity contribution is 0.604. The van der Waals surface area contributed by atoms with Gasteiger partial charge in [-0.15, -0.1) is 0 Å². The Morgan fingerprint density at radius 3 is 2.52 bits per heavy atom. The topological polar surface area (TPSA) is 39.2 Å². The molecule has 0 atom stereocenters. The molecule has 0 saturated carbocycles. The molecule has 0 saturated heterocycles. The average molecular weight is 275 g/mol. The summed E-state index contributed by atoms with van der Waals surface area (Å²) in [6, 6.07) is 15.9. The predicted octanol–water partition coefficient (Wildman–Crippen LogP) is 5.22. The molecule has 0 unspecified atom stereocenters. The fourth-order valence-corrected chi connectivity index (χ4v) is 2.35. The van der Waals surface area contributed by atoms with E-state index in [1.807, 2.05) is 61.5 Å². The first kappa shape index (κ1) is 13.3. The smallest absolute Gasteiger partial charge is 0.137 e. The third-order valence-corrected chi connectivity index (χ3v) is 3.34. The lowest BCUT2D eigenvalue weighted by Crippen LogP contribution is -1.81. The first-order chi connectivity index (χ1) is 10.3. The molecule has 104 valence electrons. The maximum Gasteiger partial charge on any atom is 0.137 e. The molecule has 0 radical (unpaired) electrons. The monoisotopic (exact) mass is 275 g/mol. The van der Waals surface area contributed by atoms with Crippen LogP contribution in [0.1, 0.15) is 23.8 Å². The molecule has 2 N–H and O–H groups in total. The van der Waals surface area contributed by atoms with Crippen LogP contribution in [0, 0.1) is 0 Å². The number of fused-ring (bicyclic) bond motifs is 1. The Bertz CT molecular complexity index is 810. The molecule has 1 aromatic heterocycles. The SMILES string of the molecule is C/C=C\c1c(/C=C\c2ccccc2)oc2cc(N)ccc12. The van der Waals surface area contributed by atoms with Crippen LogP contribution in [0.2, 0.25) is 0 Å². The largest absolute Gasteiger partial charge is 0.456 e. The van der Waals surface area contributed by atoms with Gasteiger partial charge in [0.05, 0.1) is 0 Å². The van der Waals surface area contributed by atoms with Crippen molar-refractivity contribution < 1.29 is 4.42 Å². The zero-order valence-electron chi connectivity index (χ0n) is 11.9. The van der Waals surface area contributed by atoms with E-state index in [1.165, 1.54) is 0 Å². The highest BCUT2D eigenvalue weighted by molar-refractivity contribution is 5.93. The summed E-state index contributed by atoms with van der Waals surface area (Å²) in [4.78, 5) is 0. The number of hydrogen-bond acceptors (Lipinski definition) is 2. The second-order valence-corrected chi connectivity index (χ2v) is 4.88. The van der Waals surface area contributed by atoms with Crippen LogP contribution in [-0.4, -0.2) is 0 Å². The highest BCUT2D eigenvalue weighted by Gasteiger charge is 2.09. The van der Waals surface area contributed by atoms with Gasteiger partial charge < -0.3 is 10.2 Å². The molecule has 3 rings (SSSR count). The Morgan fingerprint density at radius 1 is 0.952 bits per heavy atom. The molecular formula is C19H17NO. The fourth-order valence-electron chi connectivity index (χ4n) is 2.35. The van der Waals surface area contributed by atoms with E-state index >= 15 is 0 Å². The van der Waals surface area contributed by atoms with E-state index in [9.17, 15) is 0 Å². The number of rotatable bonds is 3. The minimum Gasteiger partial charge on any atom is -0.456 e. The third kappa shape index (κ3) is 2.75. The number of anilines is 1. The Balaban J connectivity index is 2.09. The molecule has 0 aliphatic carbocycles. The zero-order valence-corrected chi connectivity index (χ0v) is 11.9. The van der Waals surface area contributed by atoms with Crippen molar-refractivity contribution in [1.29, 1.82) is 0 Å². The van der Waals surface area contributed by atoms with E-state index in [-0.39, 0.29) is 0 Å². The summed E-state index contributed by atoms with van der Waals surface area (Å²) in [5, 5.41) is 1.08. The van der Waals surface area contributed by atoms with Crippen molar-refractivity contribution in [1.82, 2.24) is 0 Å². The Kier molecular flexibility index (Phi) is 3.61. The standard InChI is InChI=1S/C19H17NO/c1-2-6-16-17-11-10-15(20)13-19(17)21-18(16)12-9-14-7-4-3-5-8-14/h2-13H,20H2,1H3/b6-2-,12-9-. The van der Waals surface area contributed by atoms with E-state index < -0.39 is 0 Å². The molecule has 1 heterocycles. The summed E-state index contributed by atoms with van der Waals surface area (Å²) >= 11 is 0. The van der Waals surface area contributed by atoms with Crippen molar-refractivity contribution in [3.63, 3.8) is 0 Å². The summed E-state index contributed by atoms with van der Waals surface area (Å²) in [7, 11) is 0. The van der Waals surface area contributed by atoms with E-state index in [4.69, 9.17) is 10.2 Å². The molecule has 0 spiro atoms. The van der Waals surface area contributed by atoms with Gasteiger partial charge in [0.1, 0.15) is 11.3 Å². The molecule has 0 fully saturated rings. The van der Waals surface area contributed by atoms with Crippen LogP contribution in [0.3, 0.4) is 0 Å². The number of nitrogens with two attached hydrogens (primary N) is 1. The van der Waals surface area contributed by atoms with Gasteiger partial charge in [0.25, 0.3) is 0 Å². The number of nitrogen functional groups attached to an aromatic ring is 1. The van der Waals surface area contributed by atoms with Crippen LogP contribution in [0.25, 0.3) is 29.2 Å². The Morgan fingerprint density at radius 2 is 1.76 bits per heavy atom. The highest BCUT2D eigenvalue weighted by Crippen LogP contribution is 2.30. The van der Waals surface area contributed by atoms with Gasteiger partial charge >= 0.3 is 0 Å². The van der Waals surface area contributed by atoms with E-state index in [0.717, 1.165) is 27.9 Å². The van der Waals surface area contributed by atoms with Crippen LogP contribution in [0.4, 0.5) is 5.69 Å². The van der Waals surface area contributed by atoms with Crippen LogP contribution in [0.5, 0.6) is 0 Å². The van der Waals surface area contributed by atoms with Crippen molar-refractivity contribution in [2.24, 2.45) is 0 Å². The van der Waals surface area contributed by atoms with Gasteiger partial charge in [0, 0.05) is 22.7 Å². The first-order valence-electron chi connectivity index (χ1n) is 6.96. The lowest BCUT2D eigenvalue weighted by atomic mass is 10.1. The zero-order chi connectivity index (χ0) is 14.7. The van der Waals surface area contributed by atoms with Gasteiger partial charge in [-0.3, -0.25) is 0 Å². The highest BCUT2D eigenvalue weighted by atomic mass is 16.3. The minimum absolute atomic E-state index is 0.710. The van der Waals surface area contributed by atoms with Crippen LogP contribution < -0.4 is 5.73 Å². The Hall–Kier alpha value is -2.74. The van der Waals surface area contributed by atoms with Crippen molar-refractivity contribution >= 4 is 34.9 Å². The first-order valence-corrected chi connectivity index (χ1v) is 6.96. The van der Waals surface area contributed by atoms with E-state index in [1.54, 1.807) is 0 Å². The molecular weight excluding hydrogens is 258 g/mol. The summed E-state index contributed by atoms with van der Waals surface area (Å²) < 4.78 is 5.94. The second-order valence-electron chi connectivity index (χ2n) is 4.88. The van der Waals surface area contributed by atoms with Gasteiger partial charge in [0.15, 0.2) is 0 Å². The number of allylic oxidation sites excluding steroid dienone is 1. The number of hydrogen-bond donors (Lipinski definition) is 1. The molecule has 3 aromatic rings. The second kappa shape index (κ2) is 5.71. The quantitative estimate of drug-likeness (QED) is 0.666. The van der Waals surface area contributed by atoms with Crippen LogP contribution in [0.15, 0.2) is 59.0 Å². The summed E-state index contributed by atoms with van der Waals surface area (Å²) in [5.74, 6) is 0.845. The average Bonchev–Trinajstić information content (AvgIpc) is 2.84.